The Morgan fingerprint density at radius 2 is 2.35 bits per heavy atom. The molecule has 2 heterocycles. The summed E-state index contributed by atoms with van der Waals surface area (Å²) >= 11 is 1.18. The van der Waals surface area contributed by atoms with Gasteiger partial charge < -0.3 is 16.0 Å². The highest BCUT2D eigenvalue weighted by Crippen LogP contribution is 2.22. The van der Waals surface area contributed by atoms with E-state index in [9.17, 15) is 9.59 Å². The topological polar surface area (TPSA) is 75.4 Å². The Labute approximate surface area is 105 Å². The van der Waals surface area contributed by atoms with Gasteiger partial charge in [-0.15, -0.1) is 0 Å². The summed E-state index contributed by atoms with van der Waals surface area (Å²) in [5, 5.41) is 2.60. The van der Waals surface area contributed by atoms with Crippen LogP contribution in [0.5, 0.6) is 0 Å². The number of thioether (sulfide) groups is 1. The van der Waals surface area contributed by atoms with Gasteiger partial charge in [-0.1, -0.05) is 11.8 Å². The van der Waals surface area contributed by atoms with Gasteiger partial charge in [0.1, 0.15) is 6.04 Å². The van der Waals surface area contributed by atoms with Crippen molar-refractivity contribution >= 4 is 22.9 Å². The standard InChI is InChI=1S/C11H19N3O2S/c1-7(12)9-4-2-3-5-14(9)10(15)8-6-17-11(16)13-8/h7-9H,2-6,12H2,1H3,(H,13,16). The number of carbonyl (C=O) groups is 2. The smallest absolute Gasteiger partial charge is 0.279 e. The van der Waals surface area contributed by atoms with Crippen LogP contribution in [-0.2, 0) is 4.79 Å². The second-order valence-corrected chi connectivity index (χ2v) is 5.74. The van der Waals surface area contributed by atoms with Crippen molar-refractivity contribution < 1.29 is 9.59 Å². The molecule has 3 atom stereocenters. The number of piperidine rings is 1. The minimum atomic E-state index is -0.355. The lowest BCUT2D eigenvalue weighted by Gasteiger charge is -2.39. The first-order chi connectivity index (χ1) is 8.09. The van der Waals surface area contributed by atoms with Crippen LogP contribution in [0, 0.1) is 0 Å². The van der Waals surface area contributed by atoms with Gasteiger partial charge in [0, 0.05) is 24.4 Å². The Morgan fingerprint density at radius 1 is 1.59 bits per heavy atom. The molecule has 3 unspecified atom stereocenters. The van der Waals surface area contributed by atoms with Crippen LogP contribution in [0.15, 0.2) is 0 Å². The van der Waals surface area contributed by atoms with Gasteiger partial charge >= 0.3 is 0 Å². The molecule has 0 aromatic rings. The molecular formula is C11H19N3O2S. The largest absolute Gasteiger partial charge is 0.336 e. The molecule has 96 valence electrons. The highest BCUT2D eigenvalue weighted by molar-refractivity contribution is 8.14. The second kappa shape index (κ2) is 5.27. The Hall–Kier alpha value is -0.750. The van der Waals surface area contributed by atoms with Gasteiger partial charge in [-0.3, -0.25) is 9.59 Å². The molecule has 0 bridgehead atoms. The molecule has 0 aromatic carbocycles. The summed E-state index contributed by atoms with van der Waals surface area (Å²) in [5.74, 6) is 0.574. The second-order valence-electron chi connectivity index (χ2n) is 4.75. The zero-order valence-electron chi connectivity index (χ0n) is 10.0. The first-order valence-corrected chi connectivity index (χ1v) is 7.07. The number of rotatable bonds is 2. The maximum atomic E-state index is 12.3. The molecule has 2 aliphatic heterocycles. The Balaban J connectivity index is 2.03. The lowest BCUT2D eigenvalue weighted by atomic mass is 9.96. The number of hydrogen-bond acceptors (Lipinski definition) is 4. The van der Waals surface area contributed by atoms with E-state index in [2.05, 4.69) is 5.32 Å². The third-order valence-electron chi connectivity index (χ3n) is 3.41. The van der Waals surface area contributed by atoms with Gasteiger partial charge in [-0.05, 0) is 26.2 Å². The number of nitrogens with zero attached hydrogens (tertiary/aromatic N) is 1. The van der Waals surface area contributed by atoms with Crippen LogP contribution in [0.25, 0.3) is 0 Å². The van der Waals surface area contributed by atoms with Crippen molar-refractivity contribution in [3.63, 3.8) is 0 Å². The van der Waals surface area contributed by atoms with Crippen molar-refractivity contribution in [2.75, 3.05) is 12.3 Å². The van der Waals surface area contributed by atoms with Crippen LogP contribution in [0.2, 0.25) is 0 Å². The quantitative estimate of drug-likeness (QED) is 0.757. The highest BCUT2D eigenvalue weighted by Gasteiger charge is 2.36. The summed E-state index contributed by atoms with van der Waals surface area (Å²) < 4.78 is 0. The molecule has 2 rings (SSSR count). The summed E-state index contributed by atoms with van der Waals surface area (Å²) in [6, 6.07) is -0.241. The lowest BCUT2D eigenvalue weighted by molar-refractivity contribution is -0.136. The minimum absolute atomic E-state index is 0.0102. The van der Waals surface area contributed by atoms with E-state index in [0.29, 0.717) is 5.75 Å². The van der Waals surface area contributed by atoms with Crippen LogP contribution in [0.3, 0.4) is 0 Å². The number of nitrogens with two attached hydrogens (primary N) is 1. The molecule has 0 aliphatic carbocycles. The van der Waals surface area contributed by atoms with Crippen molar-refractivity contribution in [2.45, 2.75) is 44.3 Å². The van der Waals surface area contributed by atoms with Crippen molar-refractivity contribution in [3.05, 3.63) is 0 Å². The van der Waals surface area contributed by atoms with Gasteiger partial charge in [0.2, 0.25) is 5.91 Å². The third kappa shape index (κ3) is 2.74. The molecule has 3 N–H and O–H groups in total. The molecule has 5 nitrogen and oxygen atoms in total. The molecule has 6 heteroatoms. The van der Waals surface area contributed by atoms with E-state index >= 15 is 0 Å². The van der Waals surface area contributed by atoms with Gasteiger partial charge in [0.05, 0.1) is 0 Å². The zero-order valence-corrected chi connectivity index (χ0v) is 10.8. The summed E-state index contributed by atoms with van der Waals surface area (Å²) in [6.45, 7) is 2.71. The molecular weight excluding hydrogens is 238 g/mol. The number of nitrogens with one attached hydrogen (secondary N) is 1. The molecule has 0 aromatic heterocycles. The fourth-order valence-electron chi connectivity index (χ4n) is 2.50. The molecule has 2 fully saturated rings. The maximum Gasteiger partial charge on any atom is 0.279 e. The highest BCUT2D eigenvalue weighted by atomic mass is 32.2. The first-order valence-electron chi connectivity index (χ1n) is 6.09. The van der Waals surface area contributed by atoms with E-state index in [4.69, 9.17) is 5.73 Å². The monoisotopic (exact) mass is 257 g/mol. The first kappa shape index (κ1) is 12.7. The summed E-state index contributed by atoms with van der Waals surface area (Å²) in [7, 11) is 0. The molecule has 2 saturated heterocycles. The van der Waals surface area contributed by atoms with Gasteiger partial charge in [0.15, 0.2) is 0 Å². The van der Waals surface area contributed by atoms with Crippen molar-refractivity contribution in [3.8, 4) is 0 Å². The van der Waals surface area contributed by atoms with Crippen LogP contribution >= 0.6 is 11.8 Å². The van der Waals surface area contributed by atoms with E-state index in [1.54, 1.807) is 0 Å². The van der Waals surface area contributed by atoms with E-state index in [1.807, 2.05) is 11.8 Å². The van der Waals surface area contributed by atoms with Gasteiger partial charge in [0.25, 0.3) is 5.24 Å². The van der Waals surface area contributed by atoms with Crippen LogP contribution < -0.4 is 11.1 Å². The average molecular weight is 257 g/mol. The average Bonchev–Trinajstić information content (AvgIpc) is 2.75. The summed E-state index contributed by atoms with van der Waals surface area (Å²) in [5.41, 5.74) is 5.93. The predicted molar refractivity (Wildman–Crippen MR) is 67.8 cm³/mol. The Morgan fingerprint density at radius 3 is 2.94 bits per heavy atom. The summed E-state index contributed by atoms with van der Waals surface area (Å²) in [4.78, 5) is 25.3. The molecule has 2 amide bonds. The Kier molecular flexibility index (Phi) is 3.93. The van der Waals surface area contributed by atoms with E-state index < -0.39 is 0 Å². The Bertz CT molecular complexity index is 322. The normalized spacial score (nSPS) is 31.2. The fourth-order valence-corrected chi connectivity index (χ4v) is 3.26. The van der Waals surface area contributed by atoms with E-state index in [0.717, 1.165) is 25.8 Å². The van der Waals surface area contributed by atoms with Crippen molar-refractivity contribution in [1.29, 1.82) is 0 Å². The maximum absolute atomic E-state index is 12.3. The van der Waals surface area contributed by atoms with Crippen LogP contribution in [-0.4, -0.2) is 46.5 Å². The molecule has 0 spiro atoms. The molecule has 0 saturated carbocycles. The third-order valence-corrected chi connectivity index (χ3v) is 4.29. The van der Waals surface area contributed by atoms with Gasteiger partial charge in [-0.25, -0.2) is 0 Å². The van der Waals surface area contributed by atoms with Crippen molar-refractivity contribution in [1.82, 2.24) is 10.2 Å². The number of amides is 2. The van der Waals surface area contributed by atoms with Crippen molar-refractivity contribution in [2.24, 2.45) is 5.73 Å². The predicted octanol–water partition coefficient (Wildman–Crippen LogP) is 0.540. The molecule has 2 aliphatic rings. The fraction of sp³-hybridized carbons (Fsp3) is 0.818. The van der Waals surface area contributed by atoms with E-state index in [1.165, 1.54) is 11.8 Å². The minimum Gasteiger partial charge on any atom is -0.336 e. The van der Waals surface area contributed by atoms with Gasteiger partial charge in [-0.2, -0.15) is 0 Å². The molecule has 17 heavy (non-hydrogen) atoms. The lowest BCUT2D eigenvalue weighted by Crippen LogP contribution is -2.56. The number of likely N-dealkylation sites (tertiary alicyclic amines) is 1. The van der Waals surface area contributed by atoms with E-state index in [-0.39, 0.29) is 29.3 Å². The number of carbonyl (C=O) groups excluding carboxylic acids is 2. The van der Waals surface area contributed by atoms with Crippen LogP contribution in [0.4, 0.5) is 4.79 Å². The van der Waals surface area contributed by atoms with Crippen LogP contribution in [0.1, 0.15) is 26.2 Å². The molecule has 0 radical (unpaired) electrons. The number of hydrogen-bond donors (Lipinski definition) is 2. The zero-order chi connectivity index (χ0) is 12.4. The summed E-state index contributed by atoms with van der Waals surface area (Å²) in [6.07, 6.45) is 3.13. The SMILES string of the molecule is CC(N)C1CCCCN1C(=O)C1CSC(=O)N1.